The van der Waals surface area contributed by atoms with Gasteiger partial charge in [-0.2, -0.15) is 0 Å². The molecule has 0 radical (unpaired) electrons. The van der Waals surface area contributed by atoms with Gasteiger partial charge in [-0.05, 0) is 54.4 Å². The maximum atomic E-state index is 13.4. The molecule has 0 saturated heterocycles. The quantitative estimate of drug-likeness (QED) is 0.347. The maximum Gasteiger partial charge on any atom is 0.195 e. The molecule has 1 heterocycles. The normalized spacial score (nSPS) is 12.3. The van der Waals surface area contributed by atoms with Crippen LogP contribution in [0.2, 0.25) is 0 Å². The number of para-hydroxylation sites is 1. The highest BCUT2D eigenvalue weighted by Gasteiger charge is 2.19. The molecule has 0 aliphatic carbocycles. The molecule has 0 aliphatic heterocycles. The molecular weight excluding hydrogens is 444 g/mol. The van der Waals surface area contributed by atoms with Crippen molar-refractivity contribution in [2.45, 2.75) is 24.3 Å². The summed E-state index contributed by atoms with van der Waals surface area (Å²) < 4.78 is 34.7. The molecular formula is C25H23F2N3O2S. The third-order valence-corrected chi connectivity index (χ3v) is 6.09. The average molecular weight is 468 g/mol. The fourth-order valence-corrected chi connectivity index (χ4v) is 4.30. The van der Waals surface area contributed by atoms with Gasteiger partial charge in [-0.3, -0.25) is 4.57 Å². The number of ether oxygens (including phenoxy) is 1. The van der Waals surface area contributed by atoms with E-state index in [1.807, 2.05) is 41.8 Å². The Balaban J connectivity index is 1.43. The number of hydrogen-bond donors (Lipinski definition) is 1. The number of aliphatic hydroxyl groups is 1. The van der Waals surface area contributed by atoms with Crippen LogP contribution in [0.5, 0.6) is 0 Å². The SMILES string of the molecule is Cc1nnc(SCC(O)COC(c2ccc(F)cc2)c2ccc(F)cc2)n1-c1ccccc1. The zero-order valence-corrected chi connectivity index (χ0v) is 18.8. The van der Waals surface area contributed by atoms with E-state index >= 15 is 0 Å². The van der Waals surface area contributed by atoms with Gasteiger partial charge < -0.3 is 9.84 Å². The van der Waals surface area contributed by atoms with Crippen molar-refractivity contribution in [3.63, 3.8) is 0 Å². The summed E-state index contributed by atoms with van der Waals surface area (Å²) in [6, 6.07) is 21.6. The Morgan fingerprint density at radius 1 is 0.879 bits per heavy atom. The largest absolute Gasteiger partial charge is 0.390 e. The Kier molecular flexibility index (Phi) is 7.49. The molecule has 0 bridgehead atoms. The van der Waals surface area contributed by atoms with Crippen LogP contribution in [0.4, 0.5) is 8.78 Å². The smallest absolute Gasteiger partial charge is 0.195 e. The molecule has 5 nitrogen and oxygen atoms in total. The lowest BCUT2D eigenvalue weighted by atomic mass is 10.0. The van der Waals surface area contributed by atoms with E-state index in [2.05, 4.69) is 10.2 Å². The van der Waals surface area contributed by atoms with Crippen molar-refractivity contribution in [3.05, 3.63) is 107 Å². The number of halogens is 2. The van der Waals surface area contributed by atoms with Gasteiger partial charge in [-0.15, -0.1) is 10.2 Å². The van der Waals surface area contributed by atoms with Crippen LogP contribution in [0.25, 0.3) is 5.69 Å². The van der Waals surface area contributed by atoms with Crippen LogP contribution in [0.15, 0.2) is 84.0 Å². The first-order valence-electron chi connectivity index (χ1n) is 10.4. The van der Waals surface area contributed by atoms with Crippen molar-refractivity contribution in [1.82, 2.24) is 14.8 Å². The third-order valence-electron chi connectivity index (χ3n) is 5.02. The van der Waals surface area contributed by atoms with Gasteiger partial charge in [0.15, 0.2) is 5.16 Å². The number of benzene rings is 3. The first-order valence-corrected chi connectivity index (χ1v) is 11.4. The van der Waals surface area contributed by atoms with Crippen LogP contribution in [-0.4, -0.2) is 38.3 Å². The summed E-state index contributed by atoms with van der Waals surface area (Å²) in [6.45, 7) is 1.91. The lowest BCUT2D eigenvalue weighted by Gasteiger charge is -2.21. The van der Waals surface area contributed by atoms with Crippen LogP contribution in [0.1, 0.15) is 23.1 Å². The van der Waals surface area contributed by atoms with Gasteiger partial charge in [0.25, 0.3) is 0 Å². The predicted molar refractivity (Wildman–Crippen MR) is 123 cm³/mol. The molecule has 8 heteroatoms. The van der Waals surface area contributed by atoms with Gasteiger partial charge in [0, 0.05) is 11.4 Å². The van der Waals surface area contributed by atoms with Gasteiger partial charge in [0.05, 0.1) is 12.7 Å². The minimum absolute atomic E-state index is 0.0326. The van der Waals surface area contributed by atoms with E-state index in [1.165, 1.54) is 36.0 Å². The number of nitrogens with zero attached hydrogens (tertiary/aromatic N) is 3. The Morgan fingerprint density at radius 2 is 1.45 bits per heavy atom. The number of hydrogen-bond acceptors (Lipinski definition) is 5. The van der Waals surface area contributed by atoms with E-state index in [4.69, 9.17) is 4.74 Å². The summed E-state index contributed by atoms with van der Waals surface area (Å²) in [7, 11) is 0. The molecule has 4 rings (SSSR count). The van der Waals surface area contributed by atoms with Crippen LogP contribution in [0, 0.1) is 18.6 Å². The van der Waals surface area contributed by atoms with Crippen LogP contribution >= 0.6 is 11.8 Å². The zero-order valence-electron chi connectivity index (χ0n) is 17.9. The second-order valence-electron chi connectivity index (χ2n) is 7.48. The molecule has 170 valence electrons. The Hall–Kier alpha value is -3.07. The molecule has 0 spiro atoms. The third kappa shape index (κ3) is 5.84. The van der Waals surface area contributed by atoms with Gasteiger partial charge in [-0.1, -0.05) is 54.2 Å². The number of rotatable bonds is 9. The van der Waals surface area contributed by atoms with Crippen LogP contribution < -0.4 is 0 Å². The number of aliphatic hydroxyl groups excluding tert-OH is 1. The predicted octanol–water partition coefficient (Wildman–Crippen LogP) is 5.11. The lowest BCUT2D eigenvalue weighted by molar-refractivity contribution is 0.0154. The van der Waals surface area contributed by atoms with Gasteiger partial charge in [0.2, 0.25) is 0 Å². The molecule has 1 unspecified atom stereocenters. The van der Waals surface area contributed by atoms with Crippen molar-refractivity contribution in [2.24, 2.45) is 0 Å². The first-order chi connectivity index (χ1) is 16.0. The molecule has 1 atom stereocenters. The monoisotopic (exact) mass is 467 g/mol. The van der Waals surface area contributed by atoms with Gasteiger partial charge in [-0.25, -0.2) is 8.78 Å². The Labute approximate surface area is 195 Å². The molecule has 33 heavy (non-hydrogen) atoms. The summed E-state index contributed by atoms with van der Waals surface area (Å²) in [5.41, 5.74) is 2.37. The van der Waals surface area contributed by atoms with Crippen molar-refractivity contribution in [1.29, 1.82) is 0 Å². The molecule has 3 aromatic carbocycles. The van der Waals surface area contributed by atoms with E-state index in [-0.39, 0.29) is 18.2 Å². The summed E-state index contributed by atoms with van der Waals surface area (Å²) >= 11 is 1.38. The fourth-order valence-electron chi connectivity index (χ4n) is 3.40. The van der Waals surface area contributed by atoms with Gasteiger partial charge in [0.1, 0.15) is 23.6 Å². The fraction of sp³-hybridized carbons (Fsp3) is 0.200. The second-order valence-corrected chi connectivity index (χ2v) is 8.47. The summed E-state index contributed by atoms with van der Waals surface area (Å²) in [5, 5.41) is 19.6. The highest BCUT2D eigenvalue weighted by atomic mass is 32.2. The highest BCUT2D eigenvalue weighted by Crippen LogP contribution is 2.28. The summed E-state index contributed by atoms with van der Waals surface area (Å²) in [6.07, 6.45) is -1.36. The Morgan fingerprint density at radius 3 is 2.03 bits per heavy atom. The molecule has 4 aromatic rings. The second kappa shape index (κ2) is 10.7. The molecule has 0 fully saturated rings. The molecule has 1 aromatic heterocycles. The first kappa shape index (κ1) is 23.1. The van der Waals surface area contributed by atoms with E-state index in [1.54, 1.807) is 24.3 Å². The van der Waals surface area contributed by atoms with E-state index < -0.39 is 12.2 Å². The maximum absolute atomic E-state index is 13.4. The number of aryl methyl sites for hydroxylation is 1. The highest BCUT2D eigenvalue weighted by molar-refractivity contribution is 7.99. The topological polar surface area (TPSA) is 60.2 Å². The van der Waals surface area contributed by atoms with E-state index in [0.29, 0.717) is 22.0 Å². The molecule has 1 N–H and O–H groups in total. The van der Waals surface area contributed by atoms with Crippen molar-refractivity contribution in [3.8, 4) is 5.69 Å². The molecule has 0 saturated carbocycles. The minimum atomic E-state index is -0.792. The Bertz CT molecular complexity index is 1120. The lowest BCUT2D eigenvalue weighted by Crippen LogP contribution is -2.21. The average Bonchev–Trinajstić information content (AvgIpc) is 3.20. The van der Waals surface area contributed by atoms with E-state index in [9.17, 15) is 13.9 Å². The van der Waals surface area contributed by atoms with E-state index in [0.717, 1.165) is 11.5 Å². The van der Waals surface area contributed by atoms with Crippen LogP contribution in [0.3, 0.4) is 0 Å². The van der Waals surface area contributed by atoms with Crippen molar-refractivity contribution < 1.29 is 18.6 Å². The van der Waals surface area contributed by atoms with Crippen molar-refractivity contribution in [2.75, 3.05) is 12.4 Å². The standard InChI is InChI=1S/C25H23F2N3O2S/c1-17-28-29-25(30(17)22-5-3-2-4-6-22)33-16-23(31)15-32-24(18-7-11-20(26)12-8-18)19-9-13-21(27)14-10-19/h2-14,23-24,31H,15-16H2,1H3. The minimum Gasteiger partial charge on any atom is -0.390 e. The zero-order chi connectivity index (χ0) is 23.2. The van der Waals surface area contributed by atoms with Gasteiger partial charge >= 0.3 is 0 Å². The summed E-state index contributed by atoms with van der Waals surface area (Å²) in [4.78, 5) is 0. The molecule has 0 amide bonds. The number of aromatic nitrogens is 3. The number of thioether (sulfide) groups is 1. The van der Waals surface area contributed by atoms with Crippen LogP contribution in [-0.2, 0) is 4.74 Å². The molecule has 0 aliphatic rings. The van der Waals surface area contributed by atoms with Crippen molar-refractivity contribution >= 4 is 11.8 Å². The summed E-state index contributed by atoms with van der Waals surface area (Å²) in [5.74, 6) is 0.378.